The van der Waals surface area contributed by atoms with Gasteiger partial charge < -0.3 is 14.8 Å². The van der Waals surface area contributed by atoms with Crippen LogP contribution in [0.3, 0.4) is 0 Å². The van der Waals surface area contributed by atoms with Crippen LogP contribution in [0.4, 0.5) is 0 Å². The first-order chi connectivity index (χ1) is 9.76. The van der Waals surface area contributed by atoms with Crippen LogP contribution in [0.25, 0.3) is 0 Å². The predicted molar refractivity (Wildman–Crippen MR) is 81.6 cm³/mol. The lowest BCUT2D eigenvalue weighted by Crippen LogP contribution is -2.14. The molecule has 0 aromatic heterocycles. The van der Waals surface area contributed by atoms with Gasteiger partial charge in [0.25, 0.3) is 0 Å². The van der Waals surface area contributed by atoms with Gasteiger partial charge in [0.15, 0.2) is 0 Å². The summed E-state index contributed by atoms with van der Waals surface area (Å²) in [6.45, 7) is 2.17. The van der Waals surface area contributed by atoms with E-state index in [1.165, 1.54) is 5.56 Å². The number of hydrogen-bond acceptors (Lipinski definition) is 3. The van der Waals surface area contributed by atoms with Gasteiger partial charge in [-0.25, -0.2) is 0 Å². The topological polar surface area (TPSA) is 30.5 Å². The largest absolute Gasteiger partial charge is 0.497 e. The third-order valence-electron chi connectivity index (χ3n) is 3.33. The maximum absolute atomic E-state index is 5.80. The third-order valence-corrected chi connectivity index (χ3v) is 3.33. The molecule has 0 spiro atoms. The summed E-state index contributed by atoms with van der Waals surface area (Å²) in [5.41, 5.74) is 1.28. The minimum Gasteiger partial charge on any atom is -0.497 e. The van der Waals surface area contributed by atoms with Crippen molar-refractivity contribution in [3.05, 3.63) is 54.1 Å². The van der Waals surface area contributed by atoms with E-state index in [-0.39, 0.29) is 0 Å². The van der Waals surface area contributed by atoms with Gasteiger partial charge in [-0.1, -0.05) is 19.1 Å². The van der Waals surface area contributed by atoms with Gasteiger partial charge in [-0.3, -0.25) is 0 Å². The molecule has 0 saturated carbocycles. The zero-order chi connectivity index (χ0) is 14.4. The van der Waals surface area contributed by atoms with E-state index in [0.717, 1.165) is 23.7 Å². The highest BCUT2D eigenvalue weighted by atomic mass is 16.5. The van der Waals surface area contributed by atoms with E-state index >= 15 is 0 Å². The Bertz CT molecular complexity index is 516. The maximum atomic E-state index is 5.80. The van der Waals surface area contributed by atoms with Gasteiger partial charge in [-0.05, 0) is 55.4 Å². The van der Waals surface area contributed by atoms with Crippen LogP contribution in [0.15, 0.2) is 48.5 Å². The third kappa shape index (κ3) is 3.52. The number of hydrogen-bond donors (Lipinski definition) is 1. The molecule has 0 aliphatic carbocycles. The van der Waals surface area contributed by atoms with Crippen molar-refractivity contribution < 1.29 is 9.47 Å². The fraction of sp³-hybridized carbons (Fsp3) is 0.294. The molecule has 0 bridgehead atoms. The summed E-state index contributed by atoms with van der Waals surface area (Å²) in [5.74, 6) is 2.47. The molecule has 0 fully saturated rings. The Labute approximate surface area is 120 Å². The quantitative estimate of drug-likeness (QED) is 0.855. The van der Waals surface area contributed by atoms with Gasteiger partial charge in [-0.15, -0.1) is 0 Å². The van der Waals surface area contributed by atoms with Crippen molar-refractivity contribution in [2.45, 2.75) is 19.4 Å². The number of ether oxygens (including phenoxy) is 2. The molecule has 3 heteroatoms. The van der Waals surface area contributed by atoms with E-state index in [4.69, 9.17) is 9.47 Å². The lowest BCUT2D eigenvalue weighted by molar-refractivity contribution is 0.413. The van der Waals surface area contributed by atoms with Gasteiger partial charge in [0.2, 0.25) is 0 Å². The van der Waals surface area contributed by atoms with Crippen molar-refractivity contribution in [2.75, 3.05) is 14.2 Å². The summed E-state index contributed by atoms with van der Waals surface area (Å²) in [7, 11) is 3.64. The van der Waals surface area contributed by atoms with E-state index < -0.39 is 0 Å². The van der Waals surface area contributed by atoms with Crippen LogP contribution < -0.4 is 14.8 Å². The molecular formula is C17H21NO2. The summed E-state index contributed by atoms with van der Waals surface area (Å²) in [6, 6.07) is 16.2. The van der Waals surface area contributed by atoms with Crippen molar-refractivity contribution in [1.82, 2.24) is 5.32 Å². The molecule has 2 rings (SSSR count). The van der Waals surface area contributed by atoms with Crippen LogP contribution in [0, 0.1) is 0 Å². The van der Waals surface area contributed by atoms with Crippen LogP contribution in [0.2, 0.25) is 0 Å². The summed E-state index contributed by atoms with van der Waals surface area (Å²) in [4.78, 5) is 0. The van der Waals surface area contributed by atoms with E-state index in [0.29, 0.717) is 6.04 Å². The van der Waals surface area contributed by atoms with E-state index in [1.54, 1.807) is 7.11 Å². The molecular weight excluding hydrogens is 250 g/mol. The zero-order valence-corrected chi connectivity index (χ0v) is 12.2. The van der Waals surface area contributed by atoms with Gasteiger partial charge in [0, 0.05) is 6.04 Å². The molecule has 0 aliphatic heterocycles. The number of benzene rings is 2. The average Bonchev–Trinajstić information content (AvgIpc) is 2.51. The van der Waals surface area contributed by atoms with Gasteiger partial charge >= 0.3 is 0 Å². The highest BCUT2D eigenvalue weighted by Crippen LogP contribution is 2.25. The Hall–Kier alpha value is -2.00. The summed E-state index contributed by atoms with van der Waals surface area (Å²) in [6.07, 6.45) is 1.06. The van der Waals surface area contributed by atoms with Crippen LogP contribution >= 0.6 is 0 Å². The molecule has 20 heavy (non-hydrogen) atoms. The standard InChI is InChI=1S/C17H21NO2/c1-4-17(18-2)13-5-7-15(8-6-13)20-16-11-9-14(19-3)10-12-16/h5-12,17-18H,4H2,1-3H3. The van der Waals surface area contributed by atoms with Gasteiger partial charge in [0.05, 0.1) is 7.11 Å². The first-order valence-corrected chi connectivity index (χ1v) is 6.86. The normalized spacial score (nSPS) is 11.9. The smallest absolute Gasteiger partial charge is 0.127 e. The molecule has 0 heterocycles. The molecule has 0 amide bonds. The van der Waals surface area contributed by atoms with Crippen molar-refractivity contribution in [2.24, 2.45) is 0 Å². The monoisotopic (exact) mass is 271 g/mol. The Morgan fingerprint density at radius 3 is 1.85 bits per heavy atom. The lowest BCUT2D eigenvalue weighted by atomic mass is 10.0. The molecule has 1 N–H and O–H groups in total. The Morgan fingerprint density at radius 2 is 1.40 bits per heavy atom. The lowest BCUT2D eigenvalue weighted by Gasteiger charge is -2.14. The Kier molecular flexibility index (Phi) is 5.02. The molecule has 0 aliphatic rings. The number of methoxy groups -OCH3 is 1. The second-order valence-electron chi connectivity index (χ2n) is 4.60. The molecule has 2 aromatic rings. The zero-order valence-electron chi connectivity index (χ0n) is 12.2. The second kappa shape index (κ2) is 6.96. The number of rotatable bonds is 6. The van der Waals surface area contributed by atoms with Gasteiger partial charge in [0.1, 0.15) is 17.2 Å². The average molecular weight is 271 g/mol. The van der Waals surface area contributed by atoms with E-state index in [1.807, 2.05) is 43.4 Å². The molecule has 0 saturated heterocycles. The van der Waals surface area contributed by atoms with Crippen molar-refractivity contribution in [3.8, 4) is 17.2 Å². The fourth-order valence-electron chi connectivity index (χ4n) is 2.15. The van der Waals surface area contributed by atoms with Crippen LogP contribution in [-0.2, 0) is 0 Å². The fourth-order valence-corrected chi connectivity index (χ4v) is 2.15. The Morgan fingerprint density at radius 1 is 0.900 bits per heavy atom. The molecule has 1 atom stereocenters. The first-order valence-electron chi connectivity index (χ1n) is 6.86. The first kappa shape index (κ1) is 14.4. The van der Waals surface area contributed by atoms with Crippen molar-refractivity contribution >= 4 is 0 Å². The maximum Gasteiger partial charge on any atom is 0.127 e. The second-order valence-corrected chi connectivity index (χ2v) is 4.60. The van der Waals surface area contributed by atoms with Gasteiger partial charge in [-0.2, -0.15) is 0 Å². The van der Waals surface area contributed by atoms with E-state index in [2.05, 4.69) is 24.4 Å². The predicted octanol–water partition coefficient (Wildman–Crippen LogP) is 4.16. The minimum absolute atomic E-state index is 0.394. The SMILES string of the molecule is CCC(NC)c1ccc(Oc2ccc(OC)cc2)cc1. The van der Waals surface area contributed by atoms with E-state index in [9.17, 15) is 0 Å². The van der Waals surface area contributed by atoms with Crippen LogP contribution in [0.1, 0.15) is 24.9 Å². The molecule has 2 aromatic carbocycles. The molecule has 106 valence electrons. The minimum atomic E-state index is 0.394. The summed E-state index contributed by atoms with van der Waals surface area (Å²) < 4.78 is 10.9. The molecule has 3 nitrogen and oxygen atoms in total. The Balaban J connectivity index is 2.06. The van der Waals surface area contributed by atoms with Crippen LogP contribution in [-0.4, -0.2) is 14.2 Å². The summed E-state index contributed by atoms with van der Waals surface area (Å²) in [5, 5.41) is 3.30. The molecule has 0 radical (unpaired) electrons. The van der Waals surface area contributed by atoms with Crippen LogP contribution in [0.5, 0.6) is 17.2 Å². The molecule has 1 unspecified atom stereocenters. The highest BCUT2D eigenvalue weighted by Gasteiger charge is 2.06. The number of nitrogens with one attached hydrogen (secondary N) is 1. The van der Waals surface area contributed by atoms with Crippen molar-refractivity contribution in [3.63, 3.8) is 0 Å². The van der Waals surface area contributed by atoms with Crippen molar-refractivity contribution in [1.29, 1.82) is 0 Å². The highest BCUT2D eigenvalue weighted by molar-refractivity contribution is 5.36. The summed E-state index contributed by atoms with van der Waals surface area (Å²) >= 11 is 0.